The van der Waals surface area contributed by atoms with Gasteiger partial charge in [-0.3, -0.25) is 18.9 Å². The molecule has 2 rings (SSSR count). The van der Waals surface area contributed by atoms with Gasteiger partial charge in [0.15, 0.2) is 12.6 Å². The summed E-state index contributed by atoms with van der Waals surface area (Å²) in [5, 5.41) is 9.74. The molecule has 1 fully saturated rings. The van der Waals surface area contributed by atoms with Crippen molar-refractivity contribution in [2.45, 2.75) is 32.0 Å². The maximum absolute atomic E-state index is 11.7. The number of hydrogen-bond acceptors (Lipinski definition) is 6. The Kier molecular flexibility index (Phi) is 9.71. The van der Waals surface area contributed by atoms with Crippen LogP contribution in [0.2, 0.25) is 0 Å². The molecule has 0 aliphatic carbocycles. The number of aromatic nitrogens is 2. The first kappa shape index (κ1) is 23.7. The number of aliphatic hydroxyl groups is 1. The summed E-state index contributed by atoms with van der Waals surface area (Å²) in [6.07, 6.45) is -2.95. The maximum atomic E-state index is 11.7. The molecule has 10 nitrogen and oxygen atoms in total. The van der Waals surface area contributed by atoms with Gasteiger partial charge < -0.3 is 24.4 Å². The fraction of sp³-hybridized carbons (Fsp3) is 0.600. The number of hydrogen-bond donors (Lipinski definition) is 4. The number of aryl methyl sites for hydroxylation is 1. The van der Waals surface area contributed by atoms with Crippen LogP contribution in [0.4, 0.5) is 0 Å². The van der Waals surface area contributed by atoms with Gasteiger partial charge in [-0.25, -0.2) is 4.79 Å². The van der Waals surface area contributed by atoms with Crippen molar-refractivity contribution in [3.05, 3.63) is 32.6 Å². The fourth-order valence-corrected chi connectivity index (χ4v) is 2.26. The summed E-state index contributed by atoms with van der Waals surface area (Å²) in [6, 6.07) is 0. The van der Waals surface area contributed by atoms with E-state index in [1.165, 1.54) is 13.1 Å². The number of aromatic amines is 1. The predicted molar refractivity (Wildman–Crippen MR) is 82.9 cm³/mol. The molecule has 0 saturated carbocycles. The van der Waals surface area contributed by atoms with Crippen molar-refractivity contribution in [2.75, 3.05) is 6.35 Å². The minimum absolute atomic E-state index is 0. The van der Waals surface area contributed by atoms with Gasteiger partial charge in [-0.05, 0) is 6.92 Å². The molecule has 1 aromatic rings. The molecule has 4 N–H and O–H groups in total. The zero-order valence-corrected chi connectivity index (χ0v) is 11.9. The van der Waals surface area contributed by atoms with Crippen LogP contribution in [0.5, 0.6) is 0 Å². The van der Waals surface area contributed by atoms with E-state index < -0.39 is 43.8 Å². The van der Waals surface area contributed by atoms with Crippen molar-refractivity contribution in [3.8, 4) is 0 Å². The summed E-state index contributed by atoms with van der Waals surface area (Å²) in [6.45, 7) is 1.50. The van der Waals surface area contributed by atoms with Crippen LogP contribution in [-0.4, -0.2) is 102 Å². The molecule has 0 amide bonds. The molecule has 1 aliphatic rings. The Bertz CT molecular complexity index is 686. The number of H-pyrrole nitrogens is 1. The summed E-state index contributed by atoms with van der Waals surface area (Å²) in [5.41, 5.74) is -0.949. The SMILES string of the molecule is Cc1cn([C@H]2C[C@H](O)[C@@H](OCP(=O)(O)O)O2)c(=O)[nH]c1=O.[NaH].[NaH]. The van der Waals surface area contributed by atoms with Crippen LogP contribution in [0.25, 0.3) is 0 Å². The number of aliphatic hydroxyl groups excluding tert-OH is 1. The summed E-state index contributed by atoms with van der Waals surface area (Å²) < 4.78 is 21.9. The fourth-order valence-electron chi connectivity index (χ4n) is 1.92. The molecule has 0 aromatic carbocycles. The Morgan fingerprint density at radius 3 is 2.61 bits per heavy atom. The van der Waals surface area contributed by atoms with Crippen LogP contribution in [0.1, 0.15) is 18.2 Å². The topological polar surface area (TPSA) is 151 Å². The summed E-state index contributed by atoms with van der Waals surface area (Å²) in [7, 11) is -4.39. The van der Waals surface area contributed by atoms with E-state index in [2.05, 4.69) is 4.98 Å². The second kappa shape index (κ2) is 9.42. The molecule has 0 spiro atoms. The van der Waals surface area contributed by atoms with Crippen molar-refractivity contribution >= 4 is 66.7 Å². The molecule has 1 aromatic heterocycles. The molecule has 1 aliphatic heterocycles. The van der Waals surface area contributed by atoms with Gasteiger partial charge in [0.2, 0.25) is 0 Å². The van der Waals surface area contributed by atoms with Crippen molar-refractivity contribution in [2.24, 2.45) is 0 Å². The van der Waals surface area contributed by atoms with Gasteiger partial charge in [-0.1, -0.05) is 0 Å². The first-order valence-electron chi connectivity index (χ1n) is 5.99. The summed E-state index contributed by atoms with van der Waals surface area (Å²) in [4.78, 5) is 42.5. The van der Waals surface area contributed by atoms with Gasteiger partial charge in [0.1, 0.15) is 12.3 Å². The molecule has 2 heterocycles. The van der Waals surface area contributed by atoms with Gasteiger partial charge in [0.25, 0.3) is 5.56 Å². The molecular weight excluding hydrogens is 353 g/mol. The minimum atomic E-state index is -4.39. The van der Waals surface area contributed by atoms with Crippen LogP contribution in [-0.2, 0) is 14.0 Å². The summed E-state index contributed by atoms with van der Waals surface area (Å²) >= 11 is 0. The van der Waals surface area contributed by atoms with Crippen LogP contribution in [0.15, 0.2) is 15.8 Å². The van der Waals surface area contributed by atoms with Gasteiger partial charge in [0.05, 0.1) is 0 Å². The van der Waals surface area contributed by atoms with Gasteiger partial charge >= 0.3 is 72.4 Å². The molecule has 1 saturated heterocycles. The Labute approximate surface area is 174 Å². The van der Waals surface area contributed by atoms with E-state index in [1.807, 2.05) is 0 Å². The van der Waals surface area contributed by atoms with E-state index in [-0.39, 0.29) is 71.1 Å². The molecule has 0 radical (unpaired) electrons. The van der Waals surface area contributed by atoms with Crippen LogP contribution >= 0.6 is 7.60 Å². The number of nitrogens with one attached hydrogen (secondary N) is 1. The Balaban J connectivity index is 0.00000242. The average molecular weight is 370 g/mol. The van der Waals surface area contributed by atoms with Crippen molar-refractivity contribution < 1.29 is 28.9 Å². The third kappa shape index (κ3) is 6.50. The van der Waals surface area contributed by atoms with Crippen molar-refractivity contribution in [1.82, 2.24) is 9.55 Å². The summed E-state index contributed by atoms with van der Waals surface area (Å²) in [5.74, 6) is 0. The standard InChI is InChI=1S/C10H15N2O8P.2Na.2H/c1-5-3-12(10(15)11-8(5)14)7-2-6(13)9(20-7)19-4-21(16,17)18;;;;/h3,6-7,9,13H,2,4H2,1H3,(H,11,14,15)(H2,16,17,18);;;;/t6-,7+,9-;;;;/m0..../s1. The second-order valence-corrected chi connectivity index (χ2v) is 6.29. The average Bonchev–Trinajstić information content (AvgIpc) is 2.72. The van der Waals surface area contributed by atoms with E-state index >= 15 is 0 Å². The van der Waals surface area contributed by atoms with Crippen molar-refractivity contribution in [1.29, 1.82) is 0 Å². The van der Waals surface area contributed by atoms with Gasteiger partial charge in [-0.2, -0.15) is 0 Å². The quantitative estimate of drug-likeness (QED) is 0.330. The van der Waals surface area contributed by atoms with Gasteiger partial charge in [-0.15, -0.1) is 0 Å². The Morgan fingerprint density at radius 1 is 1.43 bits per heavy atom. The third-order valence-corrected chi connectivity index (χ3v) is 3.40. The third-order valence-electron chi connectivity index (χ3n) is 2.91. The van der Waals surface area contributed by atoms with Crippen molar-refractivity contribution in [3.63, 3.8) is 0 Å². The number of ether oxygens (including phenoxy) is 2. The molecule has 0 unspecified atom stereocenters. The van der Waals surface area contributed by atoms with Gasteiger partial charge in [0, 0.05) is 18.2 Å². The van der Waals surface area contributed by atoms with E-state index in [0.29, 0.717) is 0 Å². The molecule has 23 heavy (non-hydrogen) atoms. The van der Waals surface area contributed by atoms with Crippen LogP contribution < -0.4 is 11.2 Å². The predicted octanol–water partition coefficient (Wildman–Crippen LogP) is -2.69. The van der Waals surface area contributed by atoms with E-state index in [9.17, 15) is 19.3 Å². The van der Waals surface area contributed by atoms with E-state index in [1.54, 1.807) is 0 Å². The monoisotopic (exact) mass is 370 g/mol. The van der Waals surface area contributed by atoms with Crippen LogP contribution in [0.3, 0.4) is 0 Å². The Hall–Kier alpha value is 0.710. The number of rotatable bonds is 4. The van der Waals surface area contributed by atoms with E-state index in [4.69, 9.17) is 19.3 Å². The molecular formula is C10H17N2Na2O8P. The molecule has 122 valence electrons. The Morgan fingerprint density at radius 2 is 2.04 bits per heavy atom. The normalized spacial score (nSPS) is 23.9. The molecule has 3 atom stereocenters. The number of nitrogens with zero attached hydrogens (tertiary/aromatic N) is 1. The molecule has 13 heteroatoms. The first-order chi connectivity index (χ1) is 9.67. The molecule has 0 bridgehead atoms. The first-order valence-corrected chi connectivity index (χ1v) is 7.79. The van der Waals surface area contributed by atoms with Crippen LogP contribution in [0, 0.1) is 6.92 Å². The zero-order chi connectivity index (χ0) is 15.8. The zero-order valence-electron chi connectivity index (χ0n) is 11.0. The second-order valence-electron chi connectivity index (χ2n) is 4.70. The van der Waals surface area contributed by atoms with E-state index in [0.717, 1.165) is 4.57 Å².